The van der Waals surface area contributed by atoms with E-state index in [0.717, 1.165) is 22.0 Å². The molecular formula is C16H17FN2OS. The molecule has 110 valence electrons. The normalized spacial score (nSPS) is 10.3. The molecule has 0 aliphatic carbocycles. The molecular weight excluding hydrogens is 287 g/mol. The highest BCUT2D eigenvalue weighted by Gasteiger charge is 2.05. The molecule has 0 bridgehead atoms. The van der Waals surface area contributed by atoms with E-state index in [1.807, 2.05) is 24.7 Å². The molecule has 0 atom stereocenters. The van der Waals surface area contributed by atoms with Crippen LogP contribution in [0.2, 0.25) is 0 Å². The number of hydrogen-bond donors (Lipinski definition) is 1. The molecule has 0 aliphatic rings. The Hall–Kier alpha value is -1.77. The Labute approximate surface area is 128 Å². The van der Waals surface area contributed by atoms with Gasteiger partial charge in [0.05, 0.1) is 22.9 Å². The lowest BCUT2D eigenvalue weighted by Gasteiger charge is -2.04. The van der Waals surface area contributed by atoms with E-state index in [0.29, 0.717) is 12.0 Å². The van der Waals surface area contributed by atoms with Gasteiger partial charge in [-0.15, -0.1) is 11.8 Å². The minimum Gasteiger partial charge on any atom is -0.395 e. The highest BCUT2D eigenvalue weighted by atomic mass is 32.2. The molecule has 1 heterocycles. The summed E-state index contributed by atoms with van der Waals surface area (Å²) in [6.07, 6.45) is 0.354. The molecule has 5 heteroatoms. The molecule has 0 saturated heterocycles. The van der Waals surface area contributed by atoms with Crippen LogP contribution in [0.15, 0.2) is 29.3 Å². The molecule has 21 heavy (non-hydrogen) atoms. The molecule has 0 saturated carbocycles. The van der Waals surface area contributed by atoms with Gasteiger partial charge in [-0.05, 0) is 30.7 Å². The predicted molar refractivity (Wildman–Crippen MR) is 82.5 cm³/mol. The number of aliphatic hydroxyl groups excluding tert-OH is 1. The predicted octanol–water partition coefficient (Wildman–Crippen LogP) is 2.89. The van der Waals surface area contributed by atoms with Crippen molar-refractivity contribution in [3.8, 4) is 11.8 Å². The van der Waals surface area contributed by atoms with Crippen LogP contribution in [-0.4, -0.2) is 21.5 Å². The molecule has 2 rings (SSSR count). The number of aryl methyl sites for hydroxylation is 2. The van der Waals surface area contributed by atoms with Crippen molar-refractivity contribution < 1.29 is 9.50 Å². The first kappa shape index (κ1) is 15.6. The maximum atomic E-state index is 13.6. The number of rotatable bonds is 4. The second-order valence-electron chi connectivity index (χ2n) is 4.63. The van der Waals surface area contributed by atoms with Gasteiger partial charge in [0.25, 0.3) is 0 Å². The van der Waals surface area contributed by atoms with Crippen molar-refractivity contribution in [3.63, 3.8) is 0 Å². The lowest BCUT2D eigenvalue weighted by molar-refractivity contribution is 0.305. The van der Waals surface area contributed by atoms with Gasteiger partial charge in [-0.25, -0.2) is 4.39 Å². The Morgan fingerprint density at radius 2 is 2.19 bits per heavy atom. The summed E-state index contributed by atoms with van der Waals surface area (Å²) < 4.78 is 15.5. The van der Waals surface area contributed by atoms with Crippen molar-refractivity contribution in [3.05, 3.63) is 46.9 Å². The summed E-state index contributed by atoms with van der Waals surface area (Å²) in [6.45, 7) is 1.95. The fourth-order valence-electron chi connectivity index (χ4n) is 1.85. The number of benzene rings is 1. The van der Waals surface area contributed by atoms with E-state index < -0.39 is 0 Å². The third-order valence-electron chi connectivity index (χ3n) is 2.84. The highest BCUT2D eigenvalue weighted by molar-refractivity contribution is 7.98. The topological polar surface area (TPSA) is 38.0 Å². The largest absolute Gasteiger partial charge is 0.395 e. The third kappa shape index (κ3) is 4.35. The van der Waals surface area contributed by atoms with Crippen LogP contribution >= 0.6 is 11.8 Å². The van der Waals surface area contributed by atoms with Crippen LogP contribution in [0.4, 0.5) is 4.39 Å². The van der Waals surface area contributed by atoms with E-state index in [4.69, 9.17) is 5.11 Å². The van der Waals surface area contributed by atoms with E-state index in [2.05, 4.69) is 16.9 Å². The number of halogens is 1. The van der Waals surface area contributed by atoms with E-state index in [1.54, 1.807) is 23.9 Å². The SMILES string of the molecule is Cc1cc(SCc2ccc(F)c(C#CCCO)c2)n(C)n1. The fourth-order valence-corrected chi connectivity index (χ4v) is 2.83. The summed E-state index contributed by atoms with van der Waals surface area (Å²) in [5.74, 6) is 5.90. The average molecular weight is 304 g/mol. The number of aliphatic hydroxyl groups is 1. The Bertz CT molecular complexity index is 685. The zero-order valence-electron chi connectivity index (χ0n) is 12.1. The molecule has 0 aliphatic heterocycles. The Morgan fingerprint density at radius 3 is 2.86 bits per heavy atom. The molecule has 1 aromatic carbocycles. The van der Waals surface area contributed by atoms with Crippen LogP contribution in [0.1, 0.15) is 23.2 Å². The Morgan fingerprint density at radius 1 is 1.38 bits per heavy atom. The number of hydrogen-bond acceptors (Lipinski definition) is 3. The van der Waals surface area contributed by atoms with Crippen LogP contribution in [0.25, 0.3) is 0 Å². The second-order valence-corrected chi connectivity index (χ2v) is 5.62. The molecule has 1 aromatic heterocycles. The first-order valence-corrected chi connectivity index (χ1v) is 7.60. The van der Waals surface area contributed by atoms with Crippen molar-refractivity contribution >= 4 is 11.8 Å². The smallest absolute Gasteiger partial charge is 0.138 e. The molecule has 0 fully saturated rings. The first-order chi connectivity index (χ1) is 10.1. The van der Waals surface area contributed by atoms with Gasteiger partial charge in [0.1, 0.15) is 5.82 Å². The molecule has 2 aromatic rings. The first-order valence-electron chi connectivity index (χ1n) is 6.61. The number of thioether (sulfide) groups is 1. The number of nitrogens with zero attached hydrogens (tertiary/aromatic N) is 2. The number of aromatic nitrogens is 2. The van der Waals surface area contributed by atoms with Gasteiger partial charge in [-0.3, -0.25) is 4.68 Å². The van der Waals surface area contributed by atoms with Gasteiger partial charge in [-0.1, -0.05) is 17.9 Å². The molecule has 0 radical (unpaired) electrons. The van der Waals surface area contributed by atoms with Crippen LogP contribution in [0.5, 0.6) is 0 Å². The Kier molecular flexibility index (Phi) is 5.43. The summed E-state index contributed by atoms with van der Waals surface area (Å²) in [6, 6.07) is 6.99. The van der Waals surface area contributed by atoms with E-state index in [9.17, 15) is 4.39 Å². The summed E-state index contributed by atoms with van der Waals surface area (Å²) in [4.78, 5) is 0. The van der Waals surface area contributed by atoms with Crippen LogP contribution in [0, 0.1) is 24.6 Å². The summed E-state index contributed by atoms with van der Waals surface area (Å²) in [5.41, 5.74) is 2.37. The summed E-state index contributed by atoms with van der Waals surface area (Å²) in [7, 11) is 1.91. The second kappa shape index (κ2) is 7.30. The van der Waals surface area contributed by atoms with Gasteiger partial charge in [0, 0.05) is 19.2 Å². The zero-order chi connectivity index (χ0) is 15.2. The van der Waals surface area contributed by atoms with Gasteiger partial charge >= 0.3 is 0 Å². The van der Waals surface area contributed by atoms with E-state index in [1.165, 1.54) is 6.07 Å². The van der Waals surface area contributed by atoms with E-state index >= 15 is 0 Å². The average Bonchev–Trinajstić information content (AvgIpc) is 2.78. The molecule has 0 amide bonds. The summed E-state index contributed by atoms with van der Waals surface area (Å²) in [5, 5.41) is 14.1. The van der Waals surface area contributed by atoms with Crippen molar-refractivity contribution in [1.29, 1.82) is 0 Å². The fraction of sp³-hybridized carbons (Fsp3) is 0.312. The van der Waals surface area contributed by atoms with Crippen molar-refractivity contribution in [1.82, 2.24) is 9.78 Å². The summed E-state index contributed by atoms with van der Waals surface area (Å²) >= 11 is 1.65. The minimum absolute atomic E-state index is 0.00992. The maximum absolute atomic E-state index is 13.6. The lowest BCUT2D eigenvalue weighted by Crippen LogP contribution is -1.93. The highest BCUT2D eigenvalue weighted by Crippen LogP contribution is 2.23. The van der Waals surface area contributed by atoms with Crippen molar-refractivity contribution in [2.75, 3.05) is 6.61 Å². The quantitative estimate of drug-likeness (QED) is 0.697. The van der Waals surface area contributed by atoms with Gasteiger partial charge in [0.2, 0.25) is 0 Å². The molecule has 0 spiro atoms. The monoisotopic (exact) mass is 304 g/mol. The molecule has 3 nitrogen and oxygen atoms in total. The van der Waals surface area contributed by atoms with Gasteiger partial charge in [0.15, 0.2) is 0 Å². The molecule has 0 unspecified atom stereocenters. The van der Waals surface area contributed by atoms with Crippen molar-refractivity contribution in [2.24, 2.45) is 7.05 Å². The standard InChI is InChI=1S/C16H17FN2OS/c1-12-9-16(19(2)18-12)21-11-13-6-7-15(17)14(10-13)5-3-4-8-20/h6-7,9-10,20H,4,8,11H2,1-2H3. The molecule has 1 N–H and O–H groups in total. The van der Waals surface area contributed by atoms with Crippen LogP contribution < -0.4 is 0 Å². The van der Waals surface area contributed by atoms with Gasteiger partial charge in [-0.2, -0.15) is 5.10 Å². The van der Waals surface area contributed by atoms with E-state index in [-0.39, 0.29) is 12.4 Å². The van der Waals surface area contributed by atoms with Crippen LogP contribution in [0.3, 0.4) is 0 Å². The Balaban J connectivity index is 2.09. The lowest BCUT2D eigenvalue weighted by atomic mass is 10.1. The third-order valence-corrected chi connectivity index (χ3v) is 3.99. The van der Waals surface area contributed by atoms with Gasteiger partial charge < -0.3 is 5.11 Å². The minimum atomic E-state index is -0.328. The maximum Gasteiger partial charge on any atom is 0.138 e. The van der Waals surface area contributed by atoms with Crippen molar-refractivity contribution in [2.45, 2.75) is 24.1 Å². The van der Waals surface area contributed by atoms with Crippen LogP contribution in [-0.2, 0) is 12.8 Å². The zero-order valence-corrected chi connectivity index (χ0v) is 12.9.